The van der Waals surface area contributed by atoms with Crippen molar-refractivity contribution in [2.75, 3.05) is 11.9 Å². The van der Waals surface area contributed by atoms with Gasteiger partial charge in [0.25, 0.3) is 5.91 Å². The van der Waals surface area contributed by atoms with E-state index in [4.69, 9.17) is 9.47 Å². The zero-order chi connectivity index (χ0) is 22.1. The minimum Gasteiger partial charge on any atom is -0.483 e. The van der Waals surface area contributed by atoms with E-state index in [1.54, 1.807) is 12.4 Å². The first-order chi connectivity index (χ1) is 15.5. The molecular weight excluding hydrogens is 424 g/mol. The van der Waals surface area contributed by atoms with Crippen molar-refractivity contribution in [1.29, 1.82) is 0 Å². The van der Waals surface area contributed by atoms with Crippen molar-refractivity contribution in [2.24, 2.45) is 0 Å². The van der Waals surface area contributed by atoms with Gasteiger partial charge in [-0.3, -0.25) is 10.1 Å². The van der Waals surface area contributed by atoms with Crippen LogP contribution >= 0.6 is 11.3 Å². The van der Waals surface area contributed by atoms with E-state index >= 15 is 0 Å². The van der Waals surface area contributed by atoms with Gasteiger partial charge < -0.3 is 14.5 Å². The lowest BCUT2D eigenvalue weighted by atomic mass is 10.0. The molecule has 7 nitrogen and oxygen atoms in total. The lowest BCUT2D eigenvalue weighted by molar-refractivity contribution is -0.118. The first-order valence-electron chi connectivity index (χ1n) is 10.3. The Hall–Kier alpha value is -3.65. The number of nitrogens with zero attached hydrogens (tertiary/aromatic N) is 2. The minimum absolute atomic E-state index is 0.142. The van der Waals surface area contributed by atoms with Gasteiger partial charge in [-0.25, -0.2) is 9.97 Å². The van der Waals surface area contributed by atoms with Crippen LogP contribution in [0.3, 0.4) is 0 Å². The molecule has 5 rings (SSSR count). The number of thiazole rings is 1. The van der Waals surface area contributed by atoms with Crippen LogP contribution < -0.4 is 14.8 Å². The van der Waals surface area contributed by atoms with Crippen LogP contribution in [0, 0.1) is 0 Å². The molecule has 0 radical (unpaired) electrons. The van der Waals surface area contributed by atoms with Crippen molar-refractivity contribution in [2.45, 2.75) is 25.9 Å². The number of H-pyrrole nitrogens is 1. The summed E-state index contributed by atoms with van der Waals surface area (Å²) in [5, 5.41) is 3.34. The minimum atomic E-state index is -0.292. The van der Waals surface area contributed by atoms with Gasteiger partial charge in [0.15, 0.2) is 23.2 Å². The SMILES string of the molecule is CC1(C)Cc2cccc(OCC(=O)Nc3nc(-c4ccccc4)c(-c4ncc[nH]4)s3)c2O1. The lowest BCUT2D eigenvalue weighted by Crippen LogP contribution is -2.25. The fourth-order valence-corrected chi connectivity index (χ4v) is 4.68. The highest BCUT2D eigenvalue weighted by atomic mass is 32.1. The second-order valence-electron chi connectivity index (χ2n) is 8.12. The number of anilines is 1. The number of amides is 1. The van der Waals surface area contributed by atoms with Gasteiger partial charge in [-0.05, 0) is 19.9 Å². The highest BCUT2D eigenvalue weighted by Gasteiger charge is 2.32. The van der Waals surface area contributed by atoms with Gasteiger partial charge in [0.2, 0.25) is 0 Å². The molecule has 2 aromatic carbocycles. The van der Waals surface area contributed by atoms with Crippen LogP contribution in [0.15, 0.2) is 60.9 Å². The lowest BCUT2D eigenvalue weighted by Gasteiger charge is -2.18. The Balaban J connectivity index is 1.32. The van der Waals surface area contributed by atoms with E-state index in [9.17, 15) is 4.79 Å². The predicted molar refractivity (Wildman–Crippen MR) is 124 cm³/mol. The van der Waals surface area contributed by atoms with Crippen molar-refractivity contribution in [3.05, 3.63) is 66.5 Å². The van der Waals surface area contributed by atoms with Crippen LogP contribution in [0.2, 0.25) is 0 Å². The van der Waals surface area contributed by atoms with Crippen molar-refractivity contribution in [3.63, 3.8) is 0 Å². The van der Waals surface area contributed by atoms with Gasteiger partial charge in [-0.1, -0.05) is 53.8 Å². The molecule has 3 heterocycles. The number of para-hydroxylation sites is 1. The molecule has 2 N–H and O–H groups in total. The molecule has 0 spiro atoms. The van der Waals surface area contributed by atoms with E-state index in [0.717, 1.165) is 28.1 Å². The molecular formula is C24H22N4O3S. The number of imidazole rings is 1. The number of hydrogen-bond donors (Lipinski definition) is 2. The quantitative estimate of drug-likeness (QED) is 0.438. The van der Waals surface area contributed by atoms with Crippen LogP contribution in [0.25, 0.3) is 22.0 Å². The Morgan fingerprint density at radius 2 is 2.06 bits per heavy atom. The summed E-state index contributed by atoms with van der Waals surface area (Å²) in [7, 11) is 0. The number of fused-ring (bicyclic) bond motifs is 1. The van der Waals surface area contributed by atoms with Crippen LogP contribution in [0.1, 0.15) is 19.4 Å². The van der Waals surface area contributed by atoms with E-state index in [0.29, 0.717) is 22.5 Å². The first-order valence-corrected chi connectivity index (χ1v) is 11.1. The van der Waals surface area contributed by atoms with Gasteiger partial charge >= 0.3 is 0 Å². The van der Waals surface area contributed by atoms with Crippen LogP contribution in [0.5, 0.6) is 11.5 Å². The fourth-order valence-electron chi connectivity index (χ4n) is 3.71. The summed E-state index contributed by atoms with van der Waals surface area (Å²) in [6.07, 6.45) is 4.26. The van der Waals surface area contributed by atoms with Crippen molar-refractivity contribution < 1.29 is 14.3 Å². The highest BCUT2D eigenvalue weighted by Crippen LogP contribution is 2.42. The van der Waals surface area contributed by atoms with Gasteiger partial charge in [0.1, 0.15) is 11.4 Å². The number of aromatic nitrogens is 3. The summed E-state index contributed by atoms with van der Waals surface area (Å²) in [5.74, 6) is 1.70. The summed E-state index contributed by atoms with van der Waals surface area (Å²) in [6.45, 7) is 3.93. The summed E-state index contributed by atoms with van der Waals surface area (Å²) < 4.78 is 11.8. The molecule has 0 unspecified atom stereocenters. The zero-order valence-corrected chi connectivity index (χ0v) is 18.5. The maximum Gasteiger partial charge on any atom is 0.264 e. The first kappa shape index (κ1) is 20.3. The standard InChI is InChI=1S/C24H22N4O3S/c1-24(2)13-16-9-6-10-17(20(16)31-24)30-14-18(29)27-23-28-19(15-7-4-3-5-8-15)21(32-23)22-25-11-12-26-22/h3-12H,13-14H2,1-2H3,(H,25,26)(H,27,28,29). The van der Waals surface area contributed by atoms with Gasteiger partial charge in [-0.15, -0.1) is 0 Å². The van der Waals surface area contributed by atoms with Crippen LogP contribution in [-0.4, -0.2) is 33.1 Å². The molecule has 1 amide bonds. The zero-order valence-electron chi connectivity index (χ0n) is 17.7. The molecule has 32 heavy (non-hydrogen) atoms. The normalized spacial score (nSPS) is 13.9. The third-order valence-electron chi connectivity index (χ3n) is 5.05. The van der Waals surface area contributed by atoms with E-state index in [1.807, 2.05) is 62.4 Å². The maximum absolute atomic E-state index is 12.6. The van der Waals surface area contributed by atoms with Crippen molar-refractivity contribution in [3.8, 4) is 33.5 Å². The molecule has 4 aromatic rings. The number of aromatic amines is 1. The van der Waals surface area contributed by atoms with E-state index in [1.165, 1.54) is 11.3 Å². The predicted octanol–water partition coefficient (Wildman–Crippen LogP) is 4.93. The second-order valence-corrected chi connectivity index (χ2v) is 9.12. The Morgan fingerprint density at radius 1 is 1.22 bits per heavy atom. The molecule has 0 saturated carbocycles. The molecule has 0 saturated heterocycles. The number of nitrogens with one attached hydrogen (secondary N) is 2. The largest absolute Gasteiger partial charge is 0.483 e. The average molecular weight is 447 g/mol. The number of benzene rings is 2. The number of carbonyl (C=O) groups excluding carboxylic acids is 1. The average Bonchev–Trinajstić information content (AvgIpc) is 3.50. The maximum atomic E-state index is 12.6. The molecule has 162 valence electrons. The smallest absolute Gasteiger partial charge is 0.264 e. The van der Waals surface area contributed by atoms with Crippen LogP contribution in [-0.2, 0) is 11.2 Å². The molecule has 0 aliphatic carbocycles. The number of carbonyl (C=O) groups is 1. The van der Waals surface area contributed by atoms with Gasteiger partial charge in [-0.2, -0.15) is 0 Å². The Kier molecular flexibility index (Phi) is 5.14. The summed E-state index contributed by atoms with van der Waals surface area (Å²) in [5.41, 5.74) is 2.52. The van der Waals surface area contributed by atoms with Gasteiger partial charge in [0, 0.05) is 29.9 Å². The number of hydrogen-bond acceptors (Lipinski definition) is 6. The molecule has 8 heteroatoms. The van der Waals surface area contributed by atoms with E-state index in [-0.39, 0.29) is 18.1 Å². The monoisotopic (exact) mass is 446 g/mol. The molecule has 1 aliphatic rings. The van der Waals surface area contributed by atoms with Crippen LogP contribution in [0.4, 0.5) is 5.13 Å². The summed E-state index contributed by atoms with van der Waals surface area (Å²) in [6, 6.07) is 15.6. The molecule has 0 bridgehead atoms. The van der Waals surface area contributed by atoms with E-state index < -0.39 is 0 Å². The Morgan fingerprint density at radius 3 is 2.84 bits per heavy atom. The van der Waals surface area contributed by atoms with Crippen molar-refractivity contribution in [1.82, 2.24) is 15.0 Å². The fraction of sp³-hybridized carbons (Fsp3) is 0.208. The molecule has 0 fully saturated rings. The molecule has 1 aliphatic heterocycles. The third-order valence-corrected chi connectivity index (χ3v) is 6.03. The topological polar surface area (TPSA) is 89.1 Å². The van der Waals surface area contributed by atoms with E-state index in [2.05, 4.69) is 20.3 Å². The second kappa shape index (κ2) is 8.12. The van der Waals surface area contributed by atoms with Gasteiger partial charge in [0.05, 0.1) is 10.6 Å². The molecule has 2 aromatic heterocycles. The number of rotatable bonds is 6. The van der Waals surface area contributed by atoms with Crippen molar-refractivity contribution >= 4 is 22.4 Å². The summed E-state index contributed by atoms with van der Waals surface area (Å²) >= 11 is 1.36. The highest BCUT2D eigenvalue weighted by molar-refractivity contribution is 7.19. The Labute approximate surface area is 189 Å². The Bertz CT molecular complexity index is 1250. The molecule has 0 atom stereocenters. The number of ether oxygens (including phenoxy) is 2. The summed E-state index contributed by atoms with van der Waals surface area (Å²) in [4.78, 5) is 25.6. The third kappa shape index (κ3) is 4.09.